The predicted octanol–water partition coefficient (Wildman–Crippen LogP) is 0.876. The van der Waals surface area contributed by atoms with Crippen LogP contribution in [0.4, 0.5) is 11.5 Å². The van der Waals surface area contributed by atoms with E-state index in [0.717, 1.165) is 4.90 Å². The third kappa shape index (κ3) is 2.53. The van der Waals surface area contributed by atoms with Crippen molar-refractivity contribution in [1.29, 1.82) is 0 Å². The highest BCUT2D eigenvalue weighted by atomic mass is 35.5. The molecule has 2 amide bonds. The number of likely N-dealkylation sites (N-methyl/N-ethyl adjacent to an activating group) is 1. The molecular weight excluding hydrogens is 256 g/mol. The minimum Gasteiger partial charge on any atom is -0.399 e. The topological polar surface area (TPSA) is 88.3 Å². The Bertz CT molecular complexity index is 486. The third-order valence-corrected chi connectivity index (χ3v) is 2.98. The largest absolute Gasteiger partial charge is 0.399 e. The molecule has 1 aromatic heterocycles. The summed E-state index contributed by atoms with van der Waals surface area (Å²) >= 11 is 5.78. The zero-order chi connectivity index (χ0) is 13.3. The van der Waals surface area contributed by atoms with Crippen LogP contribution < -0.4 is 11.1 Å². The molecule has 1 saturated heterocycles. The molecule has 0 spiro atoms. The molecular formula is C11H13ClN4O2. The van der Waals surface area contributed by atoms with Gasteiger partial charge in [-0.05, 0) is 12.5 Å². The van der Waals surface area contributed by atoms with Gasteiger partial charge in [0.1, 0.15) is 17.0 Å². The molecule has 1 unspecified atom stereocenters. The number of pyridine rings is 1. The van der Waals surface area contributed by atoms with Gasteiger partial charge in [0.25, 0.3) is 5.91 Å². The summed E-state index contributed by atoms with van der Waals surface area (Å²) in [5.74, 6) is -0.00990. The van der Waals surface area contributed by atoms with Crippen molar-refractivity contribution in [2.24, 2.45) is 0 Å². The fraction of sp³-hybridized carbons (Fsp3) is 0.364. The summed E-state index contributed by atoms with van der Waals surface area (Å²) in [6, 6.07) is 2.64. The first-order valence-electron chi connectivity index (χ1n) is 5.47. The van der Waals surface area contributed by atoms with Crippen molar-refractivity contribution in [3.8, 4) is 0 Å². The Morgan fingerprint density at radius 3 is 2.89 bits per heavy atom. The van der Waals surface area contributed by atoms with Crippen LogP contribution in [0.25, 0.3) is 0 Å². The number of piperidine rings is 1. The summed E-state index contributed by atoms with van der Waals surface area (Å²) in [6.45, 7) is 0. The molecule has 3 N–H and O–H groups in total. The van der Waals surface area contributed by atoms with Crippen LogP contribution in [0.3, 0.4) is 0 Å². The summed E-state index contributed by atoms with van der Waals surface area (Å²) in [6.07, 6.45) is 0.770. The van der Waals surface area contributed by atoms with Crippen LogP contribution in [0.15, 0.2) is 12.1 Å². The highest BCUT2D eigenvalue weighted by molar-refractivity contribution is 6.29. The Balaban J connectivity index is 2.14. The highest BCUT2D eigenvalue weighted by Gasteiger charge is 2.31. The molecule has 0 radical (unpaired) electrons. The number of halogens is 1. The van der Waals surface area contributed by atoms with Gasteiger partial charge in [-0.2, -0.15) is 0 Å². The summed E-state index contributed by atoms with van der Waals surface area (Å²) in [5.41, 5.74) is 6.10. The van der Waals surface area contributed by atoms with Crippen molar-refractivity contribution >= 4 is 34.9 Å². The maximum atomic E-state index is 11.9. The molecule has 1 atom stereocenters. The van der Waals surface area contributed by atoms with Crippen molar-refractivity contribution < 1.29 is 9.59 Å². The molecule has 0 saturated carbocycles. The summed E-state index contributed by atoms with van der Waals surface area (Å²) in [5, 5.41) is 3.20. The van der Waals surface area contributed by atoms with E-state index in [0.29, 0.717) is 24.3 Å². The Morgan fingerprint density at radius 2 is 2.22 bits per heavy atom. The summed E-state index contributed by atoms with van der Waals surface area (Å²) in [4.78, 5) is 28.3. The van der Waals surface area contributed by atoms with Gasteiger partial charge < -0.3 is 11.1 Å². The molecule has 0 bridgehead atoms. The van der Waals surface area contributed by atoms with Crippen molar-refractivity contribution in [2.45, 2.75) is 18.9 Å². The summed E-state index contributed by atoms with van der Waals surface area (Å²) < 4.78 is 0. The van der Waals surface area contributed by atoms with E-state index < -0.39 is 6.04 Å². The number of likely N-dealkylation sites (tertiary alicyclic amines) is 1. The molecule has 2 heterocycles. The normalized spacial score (nSPS) is 20.1. The lowest BCUT2D eigenvalue weighted by Crippen LogP contribution is -2.48. The van der Waals surface area contributed by atoms with Crippen molar-refractivity contribution in [2.75, 3.05) is 18.1 Å². The Kier molecular flexibility index (Phi) is 3.38. The molecule has 1 fully saturated rings. The van der Waals surface area contributed by atoms with E-state index in [2.05, 4.69) is 10.3 Å². The number of amides is 2. The summed E-state index contributed by atoms with van der Waals surface area (Å²) in [7, 11) is 1.47. The second-order valence-electron chi connectivity index (χ2n) is 4.14. The Labute approximate surface area is 109 Å². The number of nitrogens with two attached hydrogens (primary N) is 1. The maximum absolute atomic E-state index is 11.9. The second-order valence-corrected chi connectivity index (χ2v) is 4.52. The van der Waals surface area contributed by atoms with Crippen molar-refractivity contribution in [3.05, 3.63) is 17.3 Å². The van der Waals surface area contributed by atoms with Crippen molar-refractivity contribution in [3.63, 3.8) is 0 Å². The lowest BCUT2D eigenvalue weighted by atomic mass is 10.0. The minimum atomic E-state index is -0.474. The van der Waals surface area contributed by atoms with Crippen LogP contribution in [-0.2, 0) is 9.59 Å². The second kappa shape index (κ2) is 4.81. The van der Waals surface area contributed by atoms with Gasteiger partial charge >= 0.3 is 0 Å². The van der Waals surface area contributed by atoms with Crippen LogP contribution in [-0.4, -0.2) is 34.8 Å². The number of carbonyl (C=O) groups excluding carboxylic acids is 2. The molecule has 96 valence electrons. The number of nitrogen functional groups attached to an aromatic ring is 1. The molecule has 1 aromatic rings. The number of hydrogen-bond donors (Lipinski definition) is 2. The zero-order valence-corrected chi connectivity index (χ0v) is 10.6. The van der Waals surface area contributed by atoms with Gasteiger partial charge in [-0.1, -0.05) is 11.6 Å². The fourth-order valence-electron chi connectivity index (χ4n) is 1.82. The maximum Gasteiger partial charge on any atom is 0.251 e. The predicted molar refractivity (Wildman–Crippen MR) is 68.1 cm³/mol. The lowest BCUT2D eigenvalue weighted by molar-refractivity contribution is -0.146. The molecule has 7 heteroatoms. The number of nitrogens with zero attached hydrogens (tertiary/aromatic N) is 2. The van der Waals surface area contributed by atoms with Crippen LogP contribution in [0.2, 0.25) is 5.15 Å². The minimum absolute atomic E-state index is 0.170. The van der Waals surface area contributed by atoms with E-state index in [4.69, 9.17) is 17.3 Å². The van der Waals surface area contributed by atoms with Gasteiger partial charge in [-0.3, -0.25) is 14.5 Å². The first-order valence-corrected chi connectivity index (χ1v) is 5.85. The number of nitrogens with one attached hydrogen (secondary N) is 1. The van der Waals surface area contributed by atoms with Gasteiger partial charge in [0.05, 0.1) is 0 Å². The van der Waals surface area contributed by atoms with Crippen LogP contribution in [0, 0.1) is 0 Å². The van der Waals surface area contributed by atoms with Gasteiger partial charge in [0.2, 0.25) is 5.91 Å². The van der Waals surface area contributed by atoms with Crippen LogP contribution in [0.1, 0.15) is 12.8 Å². The first-order chi connectivity index (χ1) is 8.47. The number of hydrogen-bond acceptors (Lipinski definition) is 5. The molecule has 0 aliphatic carbocycles. The monoisotopic (exact) mass is 268 g/mol. The number of imide groups is 1. The molecule has 6 nitrogen and oxygen atoms in total. The Hall–Kier alpha value is -1.82. The molecule has 1 aliphatic rings. The lowest BCUT2D eigenvalue weighted by Gasteiger charge is -2.28. The van der Waals surface area contributed by atoms with Crippen LogP contribution in [0.5, 0.6) is 0 Å². The van der Waals surface area contributed by atoms with Gasteiger partial charge in [0.15, 0.2) is 0 Å². The quantitative estimate of drug-likeness (QED) is 0.614. The third-order valence-electron chi connectivity index (χ3n) is 2.79. The van der Waals surface area contributed by atoms with E-state index >= 15 is 0 Å². The fourth-order valence-corrected chi connectivity index (χ4v) is 2.04. The highest BCUT2D eigenvalue weighted by Crippen LogP contribution is 2.20. The van der Waals surface area contributed by atoms with Gasteiger partial charge in [0, 0.05) is 25.2 Å². The standard InChI is InChI=1S/C11H13ClN4O2/c1-16-10(17)3-2-7(11(16)18)14-9-5-6(13)4-8(12)15-9/h4-5,7H,2-3H2,1H3,(H3,13,14,15). The smallest absolute Gasteiger partial charge is 0.251 e. The first kappa shape index (κ1) is 12.6. The molecule has 0 aromatic carbocycles. The molecule has 1 aliphatic heterocycles. The zero-order valence-electron chi connectivity index (χ0n) is 9.81. The average Bonchev–Trinajstić information content (AvgIpc) is 2.29. The van der Waals surface area contributed by atoms with Gasteiger partial charge in [-0.15, -0.1) is 0 Å². The van der Waals surface area contributed by atoms with Crippen molar-refractivity contribution in [1.82, 2.24) is 9.88 Å². The number of aromatic nitrogens is 1. The Morgan fingerprint density at radius 1 is 1.50 bits per heavy atom. The van der Waals surface area contributed by atoms with E-state index in [1.54, 1.807) is 6.07 Å². The van der Waals surface area contributed by atoms with E-state index in [9.17, 15) is 9.59 Å². The van der Waals surface area contributed by atoms with Gasteiger partial charge in [-0.25, -0.2) is 4.98 Å². The number of anilines is 2. The number of rotatable bonds is 2. The SMILES string of the molecule is CN1C(=O)CCC(Nc2cc(N)cc(Cl)n2)C1=O. The number of carbonyl (C=O) groups is 2. The molecule has 18 heavy (non-hydrogen) atoms. The van der Waals surface area contributed by atoms with E-state index in [1.807, 2.05) is 0 Å². The van der Waals surface area contributed by atoms with Crippen LogP contribution >= 0.6 is 11.6 Å². The van der Waals surface area contributed by atoms with E-state index in [1.165, 1.54) is 13.1 Å². The van der Waals surface area contributed by atoms with E-state index in [-0.39, 0.29) is 17.0 Å². The average molecular weight is 269 g/mol. The molecule has 2 rings (SSSR count).